The average molecular weight is 593 g/mol. The van der Waals surface area contributed by atoms with Gasteiger partial charge in [0.25, 0.3) is 0 Å². The smallest absolute Gasteiger partial charge is 0.327 e. The predicted molar refractivity (Wildman–Crippen MR) is 181 cm³/mol. The molecule has 3 nitrogen and oxygen atoms in total. The van der Waals surface area contributed by atoms with Gasteiger partial charge in [0.2, 0.25) is 0 Å². The quantitative estimate of drug-likeness (QED) is 0.113. The van der Waals surface area contributed by atoms with Gasteiger partial charge in [-0.25, -0.2) is 4.79 Å². The van der Waals surface area contributed by atoms with E-state index in [1.807, 2.05) is 0 Å². The van der Waals surface area contributed by atoms with Gasteiger partial charge in [0.05, 0.1) is 6.10 Å². The lowest BCUT2D eigenvalue weighted by molar-refractivity contribution is -0.131. The second-order valence-corrected chi connectivity index (χ2v) is 16.0. The number of aliphatic carboxylic acids is 1. The van der Waals surface area contributed by atoms with Crippen molar-refractivity contribution in [2.75, 3.05) is 0 Å². The van der Waals surface area contributed by atoms with Crippen molar-refractivity contribution in [3.63, 3.8) is 0 Å². The Morgan fingerprint density at radius 1 is 0.930 bits per heavy atom. The summed E-state index contributed by atoms with van der Waals surface area (Å²) in [5.41, 5.74) is 3.93. The first kappa shape index (κ1) is 34.3. The molecule has 3 heteroatoms. The van der Waals surface area contributed by atoms with Gasteiger partial charge in [-0.05, 0) is 110 Å². The van der Waals surface area contributed by atoms with Gasteiger partial charge in [-0.15, -0.1) is 0 Å². The highest BCUT2D eigenvalue weighted by Gasteiger charge is 2.57. The van der Waals surface area contributed by atoms with Crippen LogP contribution >= 0.6 is 0 Å². The van der Waals surface area contributed by atoms with Crippen molar-refractivity contribution in [3.05, 3.63) is 47.6 Å². The van der Waals surface area contributed by atoms with Gasteiger partial charge in [-0.3, -0.25) is 0 Å². The second-order valence-electron chi connectivity index (χ2n) is 16.0. The van der Waals surface area contributed by atoms with Crippen molar-refractivity contribution in [1.29, 1.82) is 0 Å². The fourth-order valence-corrected chi connectivity index (χ4v) is 9.81. The van der Waals surface area contributed by atoms with Crippen LogP contribution in [0.1, 0.15) is 138 Å². The van der Waals surface area contributed by atoms with E-state index in [0.29, 0.717) is 35.0 Å². The number of unbranched alkanes of at least 4 members (excludes halogenated alkanes) is 7. The number of hydrogen-bond donors (Lipinski definition) is 2. The minimum Gasteiger partial charge on any atom is -0.478 e. The van der Waals surface area contributed by atoms with Crippen LogP contribution in [-0.2, 0) is 4.79 Å². The van der Waals surface area contributed by atoms with Crippen LogP contribution in [-0.4, -0.2) is 22.3 Å². The van der Waals surface area contributed by atoms with Crippen LogP contribution < -0.4 is 0 Å². The number of carboxylic acid groups (broad SMARTS) is 1. The van der Waals surface area contributed by atoms with E-state index in [9.17, 15) is 9.90 Å². The number of aliphatic hydroxyl groups is 1. The van der Waals surface area contributed by atoms with Crippen molar-refractivity contribution in [2.24, 2.45) is 52.3 Å². The number of carbonyl (C=O) groups is 1. The molecule has 3 fully saturated rings. The van der Waals surface area contributed by atoms with Crippen LogP contribution in [0.4, 0.5) is 0 Å². The van der Waals surface area contributed by atoms with E-state index >= 15 is 0 Å². The van der Waals surface area contributed by atoms with E-state index in [4.69, 9.17) is 5.11 Å². The van der Waals surface area contributed by atoms with Crippen molar-refractivity contribution < 1.29 is 15.0 Å². The summed E-state index contributed by atoms with van der Waals surface area (Å²) in [6, 6.07) is 0. The Labute approximate surface area is 264 Å². The molecule has 4 aliphatic rings. The standard InChI is InChI=1S/C40H64O3/c1-28(2)29(3)18-19-30(4)34-22-23-35-33-21-20-32-26-37(41)31(27-40(32,6)36(33)24-25-39(34,35)5)16-14-12-10-8-7-9-11-13-15-17-38(42)43/h15,17-21,28-31,34-37,41H,7-14,16,22-27H2,1-6H3,(H,42,43)/t29-,30+,31?,34+,35-,36-,37+,39+,40-/m0/s1. The van der Waals surface area contributed by atoms with Crippen LogP contribution in [0.25, 0.3) is 0 Å². The zero-order valence-corrected chi connectivity index (χ0v) is 28.5. The second kappa shape index (κ2) is 15.1. The molecule has 0 radical (unpaired) electrons. The number of aliphatic hydroxyl groups excluding tert-OH is 1. The Kier molecular flexibility index (Phi) is 12.0. The summed E-state index contributed by atoms with van der Waals surface area (Å²) in [6.07, 6.45) is 30.9. The number of rotatable bonds is 15. The van der Waals surface area contributed by atoms with E-state index in [0.717, 1.165) is 43.9 Å². The SMILES string of the molecule is CC(C)[C@@H](C)C=C[C@@H](C)[C@H]1CC[C@H]2C3=CC=C4C[C@@H](O)C(CCCCCCCCCC=CC(=O)O)C[C@]4(C)[C@H]3CC[C@]12C. The molecule has 4 aliphatic carbocycles. The van der Waals surface area contributed by atoms with Crippen LogP contribution in [0.3, 0.4) is 0 Å². The third-order valence-corrected chi connectivity index (χ3v) is 12.9. The Morgan fingerprint density at radius 3 is 2.33 bits per heavy atom. The van der Waals surface area contributed by atoms with E-state index < -0.39 is 5.97 Å². The first-order chi connectivity index (χ1) is 20.5. The molecule has 0 aromatic rings. The van der Waals surface area contributed by atoms with Gasteiger partial charge in [0.1, 0.15) is 0 Å². The van der Waals surface area contributed by atoms with Crippen molar-refractivity contribution in [3.8, 4) is 0 Å². The van der Waals surface area contributed by atoms with E-state index in [1.165, 1.54) is 75.9 Å². The topological polar surface area (TPSA) is 57.5 Å². The largest absolute Gasteiger partial charge is 0.478 e. The third kappa shape index (κ3) is 7.98. The zero-order valence-electron chi connectivity index (χ0n) is 28.5. The fraction of sp³-hybridized carbons (Fsp3) is 0.775. The number of hydrogen-bond acceptors (Lipinski definition) is 2. The summed E-state index contributed by atoms with van der Waals surface area (Å²) < 4.78 is 0. The Bertz CT molecular complexity index is 1050. The van der Waals surface area contributed by atoms with Crippen LogP contribution in [0.2, 0.25) is 0 Å². The highest BCUT2D eigenvalue weighted by molar-refractivity contribution is 5.79. The fourth-order valence-electron chi connectivity index (χ4n) is 9.81. The van der Waals surface area contributed by atoms with E-state index in [2.05, 4.69) is 65.8 Å². The van der Waals surface area contributed by atoms with Crippen LogP contribution in [0, 0.1) is 52.3 Å². The van der Waals surface area contributed by atoms with Crippen molar-refractivity contribution in [1.82, 2.24) is 0 Å². The summed E-state index contributed by atoms with van der Waals surface area (Å²) in [7, 11) is 0. The molecule has 4 rings (SSSR count). The Balaban J connectivity index is 1.29. The first-order valence-corrected chi connectivity index (χ1v) is 18.1. The molecular weight excluding hydrogens is 528 g/mol. The van der Waals surface area contributed by atoms with Gasteiger partial charge in [0, 0.05) is 6.08 Å². The van der Waals surface area contributed by atoms with Crippen LogP contribution in [0.15, 0.2) is 47.6 Å². The monoisotopic (exact) mass is 592 g/mol. The minimum absolute atomic E-state index is 0.182. The molecule has 242 valence electrons. The molecule has 0 aliphatic heterocycles. The van der Waals surface area contributed by atoms with E-state index in [1.54, 1.807) is 11.6 Å². The molecule has 0 aromatic heterocycles. The van der Waals surface area contributed by atoms with Crippen LogP contribution in [0.5, 0.6) is 0 Å². The van der Waals surface area contributed by atoms with Gasteiger partial charge in [0.15, 0.2) is 0 Å². The predicted octanol–water partition coefficient (Wildman–Crippen LogP) is 10.7. The van der Waals surface area contributed by atoms with Gasteiger partial charge in [-0.1, -0.05) is 122 Å². The maximum Gasteiger partial charge on any atom is 0.327 e. The maximum atomic E-state index is 11.2. The molecule has 0 heterocycles. The third-order valence-electron chi connectivity index (χ3n) is 12.9. The molecule has 43 heavy (non-hydrogen) atoms. The number of carboxylic acids is 1. The number of fused-ring (bicyclic) bond motifs is 5. The highest BCUT2D eigenvalue weighted by Crippen LogP contribution is 2.66. The average Bonchev–Trinajstić information content (AvgIpc) is 3.32. The van der Waals surface area contributed by atoms with Gasteiger partial charge in [-0.2, -0.15) is 0 Å². The minimum atomic E-state index is -0.848. The molecule has 0 spiro atoms. The lowest BCUT2D eigenvalue weighted by atomic mass is 9.49. The normalized spacial score (nSPS) is 35.4. The summed E-state index contributed by atoms with van der Waals surface area (Å²) in [6.45, 7) is 14.7. The summed E-state index contributed by atoms with van der Waals surface area (Å²) in [5.74, 6) is 3.75. The zero-order chi connectivity index (χ0) is 31.2. The molecule has 1 unspecified atom stereocenters. The van der Waals surface area contributed by atoms with Crippen molar-refractivity contribution in [2.45, 2.75) is 144 Å². The molecule has 0 saturated heterocycles. The van der Waals surface area contributed by atoms with E-state index in [-0.39, 0.29) is 11.5 Å². The molecule has 0 bridgehead atoms. The molecular formula is C40H64O3. The molecule has 9 atom stereocenters. The summed E-state index contributed by atoms with van der Waals surface area (Å²) >= 11 is 0. The summed E-state index contributed by atoms with van der Waals surface area (Å²) in [4.78, 5) is 10.5. The maximum absolute atomic E-state index is 11.2. The summed E-state index contributed by atoms with van der Waals surface area (Å²) in [5, 5.41) is 19.9. The Morgan fingerprint density at radius 2 is 1.63 bits per heavy atom. The lowest BCUT2D eigenvalue weighted by Crippen LogP contribution is -2.48. The Hall–Kier alpha value is -1.61. The van der Waals surface area contributed by atoms with Gasteiger partial charge >= 0.3 is 5.97 Å². The molecule has 3 saturated carbocycles. The van der Waals surface area contributed by atoms with Gasteiger partial charge < -0.3 is 10.2 Å². The highest BCUT2D eigenvalue weighted by atomic mass is 16.4. The van der Waals surface area contributed by atoms with Crippen molar-refractivity contribution >= 4 is 5.97 Å². The molecule has 2 N–H and O–H groups in total. The molecule has 0 aromatic carbocycles. The lowest BCUT2D eigenvalue weighted by Gasteiger charge is -2.56. The first-order valence-electron chi connectivity index (χ1n) is 18.1. The molecule has 0 amide bonds. The number of allylic oxidation sites excluding steroid dienone is 6.